The zero-order chi connectivity index (χ0) is 20.0. The molecule has 0 atom stereocenters. The van der Waals surface area contributed by atoms with Gasteiger partial charge in [0.25, 0.3) is 0 Å². The molecule has 0 bridgehead atoms. The Bertz CT molecular complexity index is 791. The number of allylic oxidation sites excluding steroid dienone is 4. The van der Waals surface area contributed by atoms with Crippen LogP contribution in [0.1, 0.15) is 72.4 Å². The van der Waals surface area contributed by atoms with E-state index in [2.05, 4.69) is 97.0 Å². The van der Waals surface area contributed by atoms with E-state index in [1.54, 1.807) is 0 Å². The molecular formula is C27H34Ti. The van der Waals surface area contributed by atoms with Crippen molar-refractivity contribution < 1.29 is 21.7 Å². The number of rotatable bonds is 1. The van der Waals surface area contributed by atoms with E-state index in [-0.39, 0.29) is 27.1 Å². The van der Waals surface area contributed by atoms with E-state index in [1.165, 1.54) is 51.8 Å². The number of benzene rings is 2. The van der Waals surface area contributed by atoms with E-state index in [0.717, 1.165) is 6.42 Å². The Morgan fingerprint density at radius 2 is 1.50 bits per heavy atom. The van der Waals surface area contributed by atoms with E-state index >= 15 is 0 Å². The van der Waals surface area contributed by atoms with E-state index in [1.807, 2.05) is 6.07 Å². The Labute approximate surface area is 188 Å². The van der Waals surface area contributed by atoms with Gasteiger partial charge in [-0.25, -0.2) is 5.57 Å². The number of hydrogen-bond acceptors (Lipinski definition) is 0. The second kappa shape index (κ2) is 11.0. The molecule has 0 radical (unpaired) electrons. The monoisotopic (exact) mass is 406 g/mol. The van der Waals surface area contributed by atoms with Crippen molar-refractivity contribution in [2.75, 3.05) is 0 Å². The van der Waals surface area contributed by atoms with Crippen molar-refractivity contribution in [3.05, 3.63) is 82.5 Å². The Hall–Kier alpha value is -1.37. The molecule has 2 aromatic rings. The molecular weight excluding hydrogens is 372 g/mol. The molecule has 0 spiro atoms. The Kier molecular flexibility index (Phi) is 9.68. The number of fused-ring (bicyclic) bond motifs is 3. The van der Waals surface area contributed by atoms with Gasteiger partial charge < -0.3 is 0 Å². The van der Waals surface area contributed by atoms with Crippen LogP contribution >= 0.6 is 0 Å². The molecule has 0 amide bonds. The predicted molar refractivity (Wildman–Crippen MR) is 119 cm³/mol. The maximum absolute atomic E-state index is 3.44. The zero-order valence-electron chi connectivity index (χ0n) is 18.7. The summed E-state index contributed by atoms with van der Waals surface area (Å²) in [5, 5.41) is 0. The van der Waals surface area contributed by atoms with Crippen LogP contribution in [0.25, 0.3) is 11.1 Å². The van der Waals surface area contributed by atoms with E-state index in [9.17, 15) is 0 Å². The molecule has 0 aliphatic heterocycles. The minimum absolute atomic E-state index is 0. The van der Waals surface area contributed by atoms with Crippen LogP contribution in [0.5, 0.6) is 0 Å². The van der Waals surface area contributed by atoms with Crippen molar-refractivity contribution in [1.82, 2.24) is 0 Å². The van der Waals surface area contributed by atoms with Crippen LogP contribution in [0.15, 0.2) is 59.2 Å². The summed E-state index contributed by atoms with van der Waals surface area (Å²) in [4.78, 5) is 0. The van der Waals surface area contributed by atoms with Gasteiger partial charge in [-0.1, -0.05) is 95.2 Å². The molecule has 4 rings (SSSR count). The van der Waals surface area contributed by atoms with Crippen molar-refractivity contribution in [2.45, 2.75) is 67.7 Å². The van der Waals surface area contributed by atoms with E-state index < -0.39 is 0 Å². The second-order valence-electron chi connectivity index (χ2n) is 8.02. The molecule has 1 heteroatoms. The van der Waals surface area contributed by atoms with Crippen LogP contribution in [0, 0.1) is 17.6 Å². The minimum atomic E-state index is 0. The van der Waals surface area contributed by atoms with Crippen LogP contribution in [-0.4, -0.2) is 0 Å². The van der Waals surface area contributed by atoms with Crippen molar-refractivity contribution in [2.24, 2.45) is 5.41 Å². The van der Waals surface area contributed by atoms with Crippen LogP contribution in [0.2, 0.25) is 0 Å². The van der Waals surface area contributed by atoms with Crippen molar-refractivity contribution in [3.63, 3.8) is 0 Å². The molecule has 0 saturated carbocycles. The van der Waals surface area contributed by atoms with Gasteiger partial charge in [0.05, 0.1) is 0 Å². The first-order valence-electron chi connectivity index (χ1n) is 10.2. The van der Waals surface area contributed by atoms with E-state index in [0.29, 0.717) is 0 Å². The normalized spacial score (nSPS) is 15.2. The zero-order valence-corrected chi connectivity index (χ0v) is 20.2. The molecule has 28 heavy (non-hydrogen) atoms. The largest absolute Gasteiger partial charge is 2.00 e. The Balaban J connectivity index is 0.000000235. The maximum Gasteiger partial charge on any atom is 2.00 e. The average Bonchev–Trinajstić information content (AvgIpc) is 3.13. The molecule has 2 aliphatic carbocycles. The van der Waals surface area contributed by atoms with Crippen LogP contribution in [0.3, 0.4) is 0 Å². The fraction of sp³-hybridized carbons (Fsp3) is 0.407. The molecule has 0 N–H and O–H groups in total. The fourth-order valence-electron chi connectivity index (χ4n) is 3.40. The third-order valence-corrected chi connectivity index (χ3v) is 5.68. The number of hydrogen-bond donors (Lipinski definition) is 0. The third kappa shape index (κ3) is 5.82. The molecule has 0 nitrogen and oxygen atoms in total. The molecule has 2 aliphatic rings. The summed E-state index contributed by atoms with van der Waals surface area (Å²) in [6.45, 7) is 15.3. The molecule has 0 heterocycles. The fourth-order valence-corrected chi connectivity index (χ4v) is 3.40. The van der Waals surface area contributed by atoms with Gasteiger partial charge >= 0.3 is 21.7 Å². The molecule has 0 aromatic heterocycles. The first-order valence-corrected chi connectivity index (χ1v) is 10.2. The van der Waals surface area contributed by atoms with Gasteiger partial charge in [-0.05, 0) is 6.42 Å². The standard InChI is InChI=1S/C13H9.C10H15.C4H10.Ti/c1-3-7-12-10(5-1)9-11-6-2-4-8-13(11)12;1-7-6-10(4,5)9(3)8(7)2;1-3-4-2;/h1-5,7-8H,9H2;1-5H3;3-4H2,1-2H3;/q2*-1;;+2. The Morgan fingerprint density at radius 1 is 0.893 bits per heavy atom. The average molecular weight is 406 g/mol. The van der Waals surface area contributed by atoms with Crippen molar-refractivity contribution in [3.8, 4) is 11.1 Å². The second-order valence-corrected chi connectivity index (χ2v) is 8.02. The van der Waals surface area contributed by atoms with Crippen LogP contribution in [-0.2, 0) is 28.1 Å². The Morgan fingerprint density at radius 3 is 2.00 bits per heavy atom. The van der Waals surface area contributed by atoms with E-state index in [4.69, 9.17) is 0 Å². The number of unbranched alkanes of at least 4 members (excludes halogenated alkanes) is 1. The summed E-state index contributed by atoms with van der Waals surface area (Å²) in [5.74, 6) is 0. The molecule has 0 fully saturated rings. The predicted octanol–water partition coefficient (Wildman–Crippen LogP) is 7.97. The van der Waals surface area contributed by atoms with Crippen LogP contribution < -0.4 is 0 Å². The summed E-state index contributed by atoms with van der Waals surface area (Å²) >= 11 is 0. The summed E-state index contributed by atoms with van der Waals surface area (Å²) in [7, 11) is 0. The smallest absolute Gasteiger partial charge is 0.263 e. The summed E-state index contributed by atoms with van der Waals surface area (Å²) in [6.07, 6.45) is 7.12. The third-order valence-electron chi connectivity index (χ3n) is 5.68. The van der Waals surface area contributed by atoms with Crippen LogP contribution in [0.4, 0.5) is 0 Å². The SMILES string of the molecule is CC1=[C-]C(C)(C)C(C)=C1C.CCCC.[Ti+2].[c-]1cccc2c1Cc1ccccc1-2. The molecule has 0 unspecified atom stereocenters. The quantitative estimate of drug-likeness (QED) is 0.284. The van der Waals surface area contributed by atoms with Crippen molar-refractivity contribution in [1.29, 1.82) is 0 Å². The van der Waals surface area contributed by atoms with Crippen molar-refractivity contribution >= 4 is 0 Å². The van der Waals surface area contributed by atoms with Gasteiger partial charge in [0.2, 0.25) is 0 Å². The van der Waals surface area contributed by atoms with Gasteiger partial charge in [-0.15, -0.1) is 12.5 Å². The summed E-state index contributed by atoms with van der Waals surface area (Å²) in [5.41, 5.74) is 9.90. The first kappa shape index (κ1) is 24.7. The van der Waals surface area contributed by atoms with Gasteiger partial charge in [0.1, 0.15) is 0 Å². The maximum atomic E-state index is 3.44. The van der Waals surface area contributed by atoms with Gasteiger partial charge in [-0.3, -0.25) is 6.08 Å². The molecule has 2 aromatic carbocycles. The van der Waals surface area contributed by atoms with Gasteiger partial charge in [0, 0.05) is 0 Å². The summed E-state index contributed by atoms with van der Waals surface area (Å²) < 4.78 is 0. The molecule has 146 valence electrons. The van der Waals surface area contributed by atoms with Gasteiger partial charge in [-0.2, -0.15) is 41.0 Å². The minimum Gasteiger partial charge on any atom is -0.263 e. The first-order chi connectivity index (χ1) is 12.8. The topological polar surface area (TPSA) is 0 Å². The van der Waals surface area contributed by atoms with Gasteiger partial charge in [0.15, 0.2) is 0 Å². The summed E-state index contributed by atoms with van der Waals surface area (Å²) in [6, 6.07) is 18.1. The molecule has 0 saturated heterocycles.